The van der Waals surface area contributed by atoms with Crippen LogP contribution in [0.3, 0.4) is 0 Å². The summed E-state index contributed by atoms with van der Waals surface area (Å²) in [5.41, 5.74) is 6.49. The number of hydrogen-bond acceptors (Lipinski definition) is 3. The zero-order valence-corrected chi connectivity index (χ0v) is 10.9. The first-order valence-electron chi connectivity index (χ1n) is 6.41. The molecule has 3 heteroatoms. The van der Waals surface area contributed by atoms with Gasteiger partial charge in [0.15, 0.2) is 0 Å². The third-order valence-electron chi connectivity index (χ3n) is 3.27. The fourth-order valence-corrected chi connectivity index (χ4v) is 2.25. The average Bonchev–Trinajstić information content (AvgIpc) is 2.88. The van der Waals surface area contributed by atoms with E-state index in [-0.39, 0.29) is 6.04 Å². The highest BCUT2D eigenvalue weighted by molar-refractivity contribution is 5.35. The van der Waals surface area contributed by atoms with Crippen molar-refractivity contribution in [1.82, 2.24) is 5.43 Å². The Morgan fingerprint density at radius 1 is 1.22 bits per heavy atom. The smallest absolute Gasteiger partial charge is 0.108 e. The minimum absolute atomic E-state index is 0.00907. The fourth-order valence-electron chi connectivity index (χ4n) is 2.25. The average molecular weight is 244 g/mol. The van der Waals surface area contributed by atoms with Crippen LogP contribution < -0.4 is 11.3 Å². The van der Waals surface area contributed by atoms with Crippen molar-refractivity contribution in [2.75, 3.05) is 0 Å². The largest absolute Gasteiger partial charge is 0.469 e. The Morgan fingerprint density at radius 3 is 2.72 bits per heavy atom. The number of benzene rings is 1. The molecular formula is C15H20N2O. The molecule has 1 atom stereocenters. The number of nitrogens with two attached hydrogens (primary N) is 1. The SMILES string of the molecule is CCc1cccc(C(NN)c2ccoc2CC)c1. The highest BCUT2D eigenvalue weighted by Crippen LogP contribution is 2.26. The van der Waals surface area contributed by atoms with Crippen LogP contribution >= 0.6 is 0 Å². The molecule has 1 aromatic heterocycles. The molecule has 3 nitrogen and oxygen atoms in total. The number of aryl methyl sites for hydroxylation is 2. The molecule has 0 amide bonds. The maximum atomic E-state index is 5.72. The topological polar surface area (TPSA) is 51.2 Å². The molecule has 1 heterocycles. The van der Waals surface area contributed by atoms with Crippen molar-refractivity contribution in [2.24, 2.45) is 5.84 Å². The molecule has 0 radical (unpaired) electrons. The molecule has 0 aliphatic carbocycles. The monoisotopic (exact) mass is 244 g/mol. The first-order chi connectivity index (χ1) is 8.80. The van der Waals surface area contributed by atoms with E-state index in [1.807, 2.05) is 6.07 Å². The molecule has 0 saturated heterocycles. The summed E-state index contributed by atoms with van der Waals surface area (Å²) in [5.74, 6) is 6.71. The van der Waals surface area contributed by atoms with Gasteiger partial charge in [-0.25, -0.2) is 5.43 Å². The lowest BCUT2D eigenvalue weighted by Gasteiger charge is -2.17. The van der Waals surface area contributed by atoms with Crippen molar-refractivity contribution in [2.45, 2.75) is 32.7 Å². The summed E-state index contributed by atoms with van der Waals surface area (Å²) >= 11 is 0. The van der Waals surface area contributed by atoms with E-state index in [1.54, 1.807) is 6.26 Å². The maximum Gasteiger partial charge on any atom is 0.108 e. The summed E-state index contributed by atoms with van der Waals surface area (Å²) < 4.78 is 5.48. The number of hydrogen-bond donors (Lipinski definition) is 2. The molecule has 0 spiro atoms. The first kappa shape index (κ1) is 12.9. The summed E-state index contributed by atoms with van der Waals surface area (Å²) in [6, 6.07) is 10.5. The molecule has 3 N–H and O–H groups in total. The number of nitrogens with one attached hydrogen (secondary N) is 1. The van der Waals surface area contributed by atoms with Gasteiger partial charge in [0.05, 0.1) is 12.3 Å². The van der Waals surface area contributed by atoms with Crippen molar-refractivity contribution >= 4 is 0 Å². The molecule has 2 aromatic rings. The van der Waals surface area contributed by atoms with Gasteiger partial charge in [-0.15, -0.1) is 0 Å². The lowest BCUT2D eigenvalue weighted by Crippen LogP contribution is -2.29. The fraction of sp³-hybridized carbons (Fsp3) is 0.333. The van der Waals surface area contributed by atoms with E-state index in [9.17, 15) is 0 Å². The van der Waals surface area contributed by atoms with E-state index in [1.165, 1.54) is 11.1 Å². The molecule has 1 unspecified atom stereocenters. The number of hydrazine groups is 1. The van der Waals surface area contributed by atoms with Gasteiger partial charge in [0.25, 0.3) is 0 Å². The zero-order chi connectivity index (χ0) is 13.0. The van der Waals surface area contributed by atoms with Crippen LogP contribution in [0.4, 0.5) is 0 Å². The summed E-state index contributed by atoms with van der Waals surface area (Å²) in [5, 5.41) is 0. The molecular weight excluding hydrogens is 224 g/mol. The lowest BCUT2D eigenvalue weighted by atomic mass is 9.97. The number of furan rings is 1. The van der Waals surface area contributed by atoms with E-state index in [0.717, 1.165) is 24.2 Å². The minimum atomic E-state index is -0.00907. The number of rotatable bonds is 5. The Hall–Kier alpha value is -1.58. The van der Waals surface area contributed by atoms with Crippen LogP contribution in [-0.4, -0.2) is 0 Å². The Labute approximate surface area is 108 Å². The van der Waals surface area contributed by atoms with Crippen LogP contribution in [0, 0.1) is 0 Å². The molecule has 0 fully saturated rings. The van der Waals surface area contributed by atoms with Gasteiger partial charge in [-0.3, -0.25) is 5.84 Å². The van der Waals surface area contributed by atoms with Crippen LogP contribution in [0.1, 0.15) is 42.3 Å². The predicted octanol–water partition coefficient (Wildman–Crippen LogP) is 2.96. The molecule has 0 bridgehead atoms. The van der Waals surface area contributed by atoms with Gasteiger partial charge in [-0.2, -0.15) is 0 Å². The third kappa shape index (κ3) is 2.47. The van der Waals surface area contributed by atoms with Crippen LogP contribution in [0.5, 0.6) is 0 Å². The van der Waals surface area contributed by atoms with Crippen molar-refractivity contribution in [3.8, 4) is 0 Å². The van der Waals surface area contributed by atoms with Gasteiger partial charge in [-0.05, 0) is 23.6 Å². The standard InChI is InChI=1S/C15H20N2O/c1-3-11-6-5-7-12(10-11)15(17-16)13-8-9-18-14(13)4-2/h5-10,15,17H,3-4,16H2,1-2H3. The van der Waals surface area contributed by atoms with Crippen LogP contribution in [0.25, 0.3) is 0 Å². The second-order valence-corrected chi connectivity index (χ2v) is 4.35. The molecule has 2 rings (SSSR count). The van der Waals surface area contributed by atoms with Gasteiger partial charge >= 0.3 is 0 Å². The first-order valence-corrected chi connectivity index (χ1v) is 6.41. The second-order valence-electron chi connectivity index (χ2n) is 4.35. The van der Waals surface area contributed by atoms with Crippen LogP contribution in [-0.2, 0) is 12.8 Å². The van der Waals surface area contributed by atoms with Crippen molar-refractivity contribution in [3.63, 3.8) is 0 Å². The molecule has 0 aliphatic heterocycles. The summed E-state index contributed by atoms with van der Waals surface area (Å²) in [6.07, 6.45) is 3.62. The molecule has 96 valence electrons. The summed E-state index contributed by atoms with van der Waals surface area (Å²) in [6.45, 7) is 4.23. The normalized spacial score (nSPS) is 12.6. The summed E-state index contributed by atoms with van der Waals surface area (Å²) in [4.78, 5) is 0. The Bertz CT molecular complexity index is 505. The van der Waals surface area contributed by atoms with Gasteiger partial charge in [0.1, 0.15) is 5.76 Å². The predicted molar refractivity (Wildman–Crippen MR) is 73.1 cm³/mol. The molecule has 0 saturated carbocycles. The van der Waals surface area contributed by atoms with E-state index in [4.69, 9.17) is 10.3 Å². The van der Waals surface area contributed by atoms with E-state index in [0.29, 0.717) is 0 Å². The Morgan fingerprint density at radius 2 is 2.06 bits per heavy atom. The van der Waals surface area contributed by atoms with Crippen molar-refractivity contribution in [3.05, 3.63) is 59.0 Å². The Balaban J connectivity index is 2.38. The van der Waals surface area contributed by atoms with Crippen molar-refractivity contribution in [1.29, 1.82) is 0 Å². The molecule has 1 aromatic carbocycles. The highest BCUT2D eigenvalue weighted by Gasteiger charge is 2.17. The molecule has 18 heavy (non-hydrogen) atoms. The van der Waals surface area contributed by atoms with E-state index in [2.05, 4.69) is 43.5 Å². The Kier molecular flexibility index (Phi) is 4.18. The van der Waals surface area contributed by atoms with Crippen LogP contribution in [0.2, 0.25) is 0 Å². The summed E-state index contributed by atoms with van der Waals surface area (Å²) in [7, 11) is 0. The maximum absolute atomic E-state index is 5.72. The molecule has 0 aliphatic rings. The van der Waals surface area contributed by atoms with E-state index < -0.39 is 0 Å². The van der Waals surface area contributed by atoms with Crippen LogP contribution in [0.15, 0.2) is 41.0 Å². The highest BCUT2D eigenvalue weighted by atomic mass is 16.3. The lowest BCUT2D eigenvalue weighted by molar-refractivity contribution is 0.502. The van der Waals surface area contributed by atoms with Gasteiger partial charge in [0, 0.05) is 12.0 Å². The van der Waals surface area contributed by atoms with Gasteiger partial charge in [0.2, 0.25) is 0 Å². The second kappa shape index (κ2) is 5.85. The van der Waals surface area contributed by atoms with E-state index >= 15 is 0 Å². The quantitative estimate of drug-likeness (QED) is 0.628. The van der Waals surface area contributed by atoms with Gasteiger partial charge in [-0.1, -0.05) is 38.1 Å². The third-order valence-corrected chi connectivity index (χ3v) is 3.27. The minimum Gasteiger partial charge on any atom is -0.469 e. The van der Waals surface area contributed by atoms with Crippen molar-refractivity contribution < 1.29 is 4.42 Å². The zero-order valence-electron chi connectivity index (χ0n) is 10.9. The van der Waals surface area contributed by atoms with Gasteiger partial charge < -0.3 is 4.42 Å².